The maximum absolute atomic E-state index is 11.4. The number of hydrogen-bond acceptors (Lipinski definition) is 5. The van der Waals surface area contributed by atoms with E-state index >= 15 is 0 Å². The van der Waals surface area contributed by atoms with Gasteiger partial charge in [-0.15, -0.1) is 0 Å². The lowest BCUT2D eigenvalue weighted by atomic mass is 10.3. The van der Waals surface area contributed by atoms with Gasteiger partial charge in [-0.3, -0.25) is 19.6 Å². The van der Waals surface area contributed by atoms with Crippen molar-refractivity contribution in [1.29, 1.82) is 0 Å². The van der Waals surface area contributed by atoms with E-state index in [4.69, 9.17) is 5.11 Å². The van der Waals surface area contributed by atoms with Crippen molar-refractivity contribution in [2.75, 3.05) is 0 Å². The summed E-state index contributed by atoms with van der Waals surface area (Å²) in [7, 11) is 0. The summed E-state index contributed by atoms with van der Waals surface area (Å²) in [6, 6.07) is -0.00552. The number of carbonyl (C=O) groups is 2. The first-order valence-corrected chi connectivity index (χ1v) is 5.55. The Bertz CT molecular complexity index is 477. The predicted octanol–water partition coefficient (Wildman–Crippen LogP) is 0.404. The molecule has 0 radical (unpaired) electrons. The number of carboxylic acids is 1. The van der Waals surface area contributed by atoms with Crippen molar-refractivity contribution in [3.8, 4) is 0 Å². The molecule has 0 spiro atoms. The first kappa shape index (κ1) is 14.6. The zero-order valence-electron chi connectivity index (χ0n) is 10.5. The third-order valence-electron chi connectivity index (χ3n) is 2.16. The van der Waals surface area contributed by atoms with Crippen LogP contribution in [0.15, 0.2) is 6.20 Å². The van der Waals surface area contributed by atoms with E-state index in [1.165, 1.54) is 0 Å². The number of nitrogens with zero attached hydrogens (tertiary/aromatic N) is 3. The van der Waals surface area contributed by atoms with Crippen LogP contribution in [0.5, 0.6) is 0 Å². The van der Waals surface area contributed by atoms with Crippen LogP contribution in [-0.2, 0) is 11.3 Å². The molecule has 0 saturated heterocycles. The average Bonchev–Trinajstić information content (AvgIpc) is 2.69. The van der Waals surface area contributed by atoms with Gasteiger partial charge in [0.2, 0.25) is 11.6 Å². The number of rotatable bonds is 6. The van der Waals surface area contributed by atoms with Gasteiger partial charge in [-0.1, -0.05) is 0 Å². The third-order valence-corrected chi connectivity index (χ3v) is 2.16. The van der Waals surface area contributed by atoms with Crippen molar-refractivity contribution in [1.82, 2.24) is 15.1 Å². The lowest BCUT2D eigenvalue weighted by Gasteiger charge is -2.07. The first-order chi connectivity index (χ1) is 8.81. The van der Waals surface area contributed by atoms with E-state index in [9.17, 15) is 19.7 Å². The maximum atomic E-state index is 11.4. The molecule has 1 aromatic heterocycles. The highest BCUT2D eigenvalue weighted by atomic mass is 16.6. The molecule has 1 rings (SSSR count). The van der Waals surface area contributed by atoms with E-state index < -0.39 is 22.3 Å². The number of amides is 1. The molecule has 1 heterocycles. The highest BCUT2D eigenvalue weighted by Gasteiger charge is 2.25. The van der Waals surface area contributed by atoms with Crippen LogP contribution in [-0.4, -0.2) is 37.7 Å². The van der Waals surface area contributed by atoms with Gasteiger partial charge in [0.25, 0.3) is 0 Å². The summed E-state index contributed by atoms with van der Waals surface area (Å²) >= 11 is 0. The molecule has 9 heteroatoms. The molecule has 0 aliphatic rings. The van der Waals surface area contributed by atoms with E-state index in [0.717, 1.165) is 10.9 Å². The molecule has 19 heavy (non-hydrogen) atoms. The maximum Gasteiger partial charge on any atom is 0.363 e. The van der Waals surface area contributed by atoms with Crippen molar-refractivity contribution >= 4 is 17.6 Å². The molecular weight excluding hydrogens is 256 g/mol. The number of aromatic carboxylic acids is 1. The Morgan fingerprint density at radius 2 is 2.21 bits per heavy atom. The number of carbonyl (C=O) groups excluding carboxylic acids is 1. The Kier molecular flexibility index (Phi) is 4.56. The summed E-state index contributed by atoms with van der Waals surface area (Å²) in [5, 5.41) is 25.6. The Hall–Kier alpha value is -2.45. The number of nitro groups is 1. The zero-order valence-corrected chi connectivity index (χ0v) is 10.5. The monoisotopic (exact) mass is 270 g/mol. The van der Waals surface area contributed by atoms with Gasteiger partial charge in [0.1, 0.15) is 6.20 Å². The van der Waals surface area contributed by atoms with Gasteiger partial charge >= 0.3 is 11.7 Å². The molecule has 0 aliphatic heterocycles. The lowest BCUT2D eigenvalue weighted by molar-refractivity contribution is -0.385. The molecule has 0 bridgehead atoms. The Morgan fingerprint density at radius 3 is 2.63 bits per heavy atom. The van der Waals surface area contributed by atoms with Crippen molar-refractivity contribution in [2.45, 2.75) is 32.9 Å². The SMILES string of the molecule is CC(C)NC(=O)CCn1cc([N+](=O)[O-])c(C(=O)O)n1. The molecule has 2 N–H and O–H groups in total. The van der Waals surface area contributed by atoms with Crippen LogP contribution >= 0.6 is 0 Å². The van der Waals surface area contributed by atoms with Gasteiger partial charge in [0, 0.05) is 19.0 Å². The fraction of sp³-hybridized carbons (Fsp3) is 0.500. The molecule has 9 nitrogen and oxygen atoms in total. The van der Waals surface area contributed by atoms with Crippen molar-refractivity contribution in [2.24, 2.45) is 0 Å². The molecule has 0 aliphatic carbocycles. The standard InChI is InChI=1S/C10H14N4O5/c1-6(2)11-8(15)3-4-13-5-7(14(18)19)9(12-13)10(16)17/h5-6H,3-4H2,1-2H3,(H,11,15)(H,16,17). The average molecular weight is 270 g/mol. The lowest BCUT2D eigenvalue weighted by Crippen LogP contribution is -2.30. The van der Waals surface area contributed by atoms with Gasteiger partial charge in [0.05, 0.1) is 4.92 Å². The van der Waals surface area contributed by atoms with Gasteiger partial charge in [-0.25, -0.2) is 4.79 Å². The van der Waals surface area contributed by atoms with Gasteiger partial charge in [0.15, 0.2) is 0 Å². The highest BCUT2D eigenvalue weighted by Crippen LogP contribution is 2.16. The number of nitrogens with one attached hydrogen (secondary N) is 1. The first-order valence-electron chi connectivity index (χ1n) is 5.55. The number of carboxylic acid groups (broad SMARTS) is 1. The van der Waals surface area contributed by atoms with Gasteiger partial charge < -0.3 is 10.4 Å². The topological polar surface area (TPSA) is 127 Å². The summed E-state index contributed by atoms with van der Waals surface area (Å²) < 4.78 is 1.08. The largest absolute Gasteiger partial charge is 0.476 e. The number of aromatic nitrogens is 2. The van der Waals surface area contributed by atoms with E-state index in [2.05, 4.69) is 10.4 Å². The molecule has 1 amide bonds. The Balaban J connectivity index is 2.75. The fourth-order valence-corrected chi connectivity index (χ4v) is 1.42. The summed E-state index contributed by atoms with van der Waals surface area (Å²) in [6.07, 6.45) is 1.07. The minimum Gasteiger partial charge on any atom is -0.476 e. The van der Waals surface area contributed by atoms with Gasteiger partial charge in [-0.05, 0) is 13.8 Å². The third kappa shape index (κ3) is 4.05. The summed E-state index contributed by atoms with van der Waals surface area (Å²) in [6.45, 7) is 3.69. The normalized spacial score (nSPS) is 10.5. The molecule has 0 aromatic carbocycles. The van der Waals surface area contributed by atoms with Gasteiger partial charge in [-0.2, -0.15) is 5.10 Å². The Labute approximate surface area is 108 Å². The predicted molar refractivity (Wildman–Crippen MR) is 63.7 cm³/mol. The summed E-state index contributed by atoms with van der Waals surface area (Å²) in [5.74, 6) is -1.71. The minimum absolute atomic E-state index is 0.00552. The second-order valence-electron chi connectivity index (χ2n) is 4.16. The summed E-state index contributed by atoms with van der Waals surface area (Å²) in [5.41, 5.74) is -1.22. The molecule has 1 aromatic rings. The molecule has 0 unspecified atom stereocenters. The van der Waals surface area contributed by atoms with E-state index in [1.54, 1.807) is 13.8 Å². The van der Waals surface area contributed by atoms with E-state index in [1.807, 2.05) is 0 Å². The van der Waals surface area contributed by atoms with Crippen LogP contribution in [0.1, 0.15) is 30.8 Å². The summed E-state index contributed by atoms with van der Waals surface area (Å²) in [4.78, 5) is 32.0. The zero-order chi connectivity index (χ0) is 14.6. The number of hydrogen-bond donors (Lipinski definition) is 2. The van der Waals surface area contributed by atoms with Crippen molar-refractivity contribution < 1.29 is 19.6 Å². The molecule has 0 atom stereocenters. The second-order valence-corrected chi connectivity index (χ2v) is 4.16. The van der Waals surface area contributed by atoms with Crippen molar-refractivity contribution in [3.05, 3.63) is 22.0 Å². The van der Waals surface area contributed by atoms with Crippen LogP contribution in [0, 0.1) is 10.1 Å². The van der Waals surface area contributed by atoms with E-state index in [0.29, 0.717) is 0 Å². The van der Waals surface area contributed by atoms with Crippen LogP contribution in [0.4, 0.5) is 5.69 Å². The Morgan fingerprint density at radius 1 is 1.58 bits per heavy atom. The highest BCUT2D eigenvalue weighted by molar-refractivity contribution is 5.89. The smallest absolute Gasteiger partial charge is 0.363 e. The van der Waals surface area contributed by atoms with Crippen LogP contribution in [0.2, 0.25) is 0 Å². The molecule has 104 valence electrons. The molecule has 0 fully saturated rings. The van der Waals surface area contributed by atoms with E-state index in [-0.39, 0.29) is 24.9 Å². The van der Waals surface area contributed by atoms with Crippen LogP contribution in [0.25, 0.3) is 0 Å². The molecule has 0 saturated carbocycles. The number of aryl methyl sites for hydroxylation is 1. The minimum atomic E-state index is -1.47. The second kappa shape index (κ2) is 5.94. The molecular formula is C10H14N4O5. The van der Waals surface area contributed by atoms with Crippen LogP contribution in [0.3, 0.4) is 0 Å². The van der Waals surface area contributed by atoms with Crippen LogP contribution < -0.4 is 5.32 Å². The van der Waals surface area contributed by atoms with Crippen molar-refractivity contribution in [3.63, 3.8) is 0 Å². The quantitative estimate of drug-likeness (QED) is 0.569. The fourth-order valence-electron chi connectivity index (χ4n) is 1.42.